The van der Waals surface area contributed by atoms with E-state index in [0.29, 0.717) is 18.8 Å². The number of nitrogens with zero attached hydrogens (tertiary/aromatic N) is 3. The predicted octanol–water partition coefficient (Wildman–Crippen LogP) is 2.41. The zero-order valence-electron chi connectivity index (χ0n) is 15.7. The van der Waals surface area contributed by atoms with Gasteiger partial charge in [0.2, 0.25) is 0 Å². The van der Waals surface area contributed by atoms with Gasteiger partial charge in [0, 0.05) is 45.3 Å². The molecule has 1 atom stereocenters. The molecule has 2 fully saturated rings. The van der Waals surface area contributed by atoms with Crippen LogP contribution in [0.3, 0.4) is 0 Å². The number of hydrogen-bond donors (Lipinski definition) is 0. The molecule has 1 aromatic carbocycles. The summed E-state index contributed by atoms with van der Waals surface area (Å²) in [5, 5.41) is 0. The summed E-state index contributed by atoms with van der Waals surface area (Å²) < 4.78 is 19.1. The molecular formula is C21H24FN3O3. The van der Waals surface area contributed by atoms with Crippen molar-refractivity contribution in [3.8, 4) is 0 Å². The summed E-state index contributed by atoms with van der Waals surface area (Å²) in [4.78, 5) is 30.9. The molecule has 1 unspecified atom stereocenters. The fourth-order valence-corrected chi connectivity index (χ4v) is 4.13. The maximum atomic E-state index is 14.0. The van der Waals surface area contributed by atoms with E-state index in [2.05, 4.69) is 9.80 Å². The van der Waals surface area contributed by atoms with Crippen molar-refractivity contribution in [3.63, 3.8) is 0 Å². The van der Waals surface area contributed by atoms with Crippen LogP contribution in [0, 0.1) is 5.82 Å². The SMILES string of the molecule is O=C(C(=O)N1CCCC(N2CCN(c3ccccc3F)CC2)C1)c1ccco1. The molecule has 148 valence electrons. The van der Waals surface area contributed by atoms with Crippen molar-refractivity contribution < 1.29 is 18.4 Å². The lowest BCUT2D eigenvalue weighted by Gasteiger charge is -2.43. The van der Waals surface area contributed by atoms with Crippen LogP contribution in [-0.4, -0.2) is 66.8 Å². The van der Waals surface area contributed by atoms with Crippen molar-refractivity contribution in [2.45, 2.75) is 18.9 Å². The Balaban J connectivity index is 1.35. The van der Waals surface area contributed by atoms with Gasteiger partial charge < -0.3 is 14.2 Å². The molecule has 28 heavy (non-hydrogen) atoms. The van der Waals surface area contributed by atoms with Crippen LogP contribution in [-0.2, 0) is 4.79 Å². The van der Waals surface area contributed by atoms with Gasteiger partial charge in [-0.25, -0.2) is 4.39 Å². The van der Waals surface area contributed by atoms with Crippen molar-refractivity contribution >= 4 is 17.4 Å². The first-order valence-corrected chi connectivity index (χ1v) is 9.74. The van der Waals surface area contributed by atoms with Gasteiger partial charge >= 0.3 is 0 Å². The summed E-state index contributed by atoms with van der Waals surface area (Å²) in [6.45, 7) is 4.26. The van der Waals surface area contributed by atoms with Gasteiger partial charge in [-0.2, -0.15) is 0 Å². The fourth-order valence-electron chi connectivity index (χ4n) is 4.13. The molecule has 0 radical (unpaired) electrons. The van der Waals surface area contributed by atoms with E-state index in [4.69, 9.17) is 4.42 Å². The van der Waals surface area contributed by atoms with E-state index in [9.17, 15) is 14.0 Å². The van der Waals surface area contributed by atoms with Gasteiger partial charge in [-0.05, 0) is 37.1 Å². The van der Waals surface area contributed by atoms with E-state index < -0.39 is 11.7 Å². The molecule has 0 aliphatic carbocycles. The number of halogens is 1. The maximum absolute atomic E-state index is 14.0. The molecule has 1 aromatic heterocycles. The number of piperazine rings is 1. The zero-order chi connectivity index (χ0) is 19.5. The number of rotatable bonds is 4. The summed E-state index contributed by atoms with van der Waals surface area (Å²) in [5.41, 5.74) is 0.645. The van der Waals surface area contributed by atoms with Gasteiger partial charge in [0.1, 0.15) is 5.82 Å². The largest absolute Gasteiger partial charge is 0.461 e. The molecule has 4 rings (SSSR count). The Morgan fingerprint density at radius 3 is 2.50 bits per heavy atom. The number of anilines is 1. The van der Waals surface area contributed by atoms with Crippen LogP contribution in [0.4, 0.5) is 10.1 Å². The summed E-state index contributed by atoms with van der Waals surface area (Å²) in [6, 6.07) is 10.2. The van der Waals surface area contributed by atoms with E-state index >= 15 is 0 Å². The van der Waals surface area contributed by atoms with E-state index in [0.717, 1.165) is 39.0 Å². The summed E-state index contributed by atoms with van der Waals surface area (Å²) in [6.07, 6.45) is 3.27. The minimum atomic E-state index is -0.588. The monoisotopic (exact) mass is 385 g/mol. The average Bonchev–Trinajstić information content (AvgIpc) is 3.28. The normalized spacial score (nSPS) is 21.0. The predicted molar refractivity (Wildman–Crippen MR) is 103 cm³/mol. The third kappa shape index (κ3) is 3.80. The molecule has 2 aliphatic rings. The highest BCUT2D eigenvalue weighted by Gasteiger charge is 2.33. The molecule has 0 spiro atoms. The Morgan fingerprint density at radius 1 is 1.00 bits per heavy atom. The molecule has 3 heterocycles. The van der Waals surface area contributed by atoms with Gasteiger partial charge in [-0.3, -0.25) is 14.5 Å². The van der Waals surface area contributed by atoms with Crippen LogP contribution in [0.2, 0.25) is 0 Å². The number of ketones is 1. The van der Waals surface area contributed by atoms with Crippen molar-refractivity contribution in [1.82, 2.24) is 9.80 Å². The topological polar surface area (TPSA) is 57.0 Å². The first-order chi connectivity index (χ1) is 13.6. The number of Topliss-reactive ketones (excluding diaryl/α,β-unsaturated/α-hetero) is 1. The second kappa shape index (κ2) is 8.14. The minimum Gasteiger partial charge on any atom is -0.461 e. The summed E-state index contributed by atoms with van der Waals surface area (Å²) >= 11 is 0. The van der Waals surface area contributed by atoms with Crippen molar-refractivity contribution in [2.75, 3.05) is 44.2 Å². The van der Waals surface area contributed by atoms with E-state index in [1.54, 1.807) is 17.0 Å². The van der Waals surface area contributed by atoms with Crippen molar-refractivity contribution in [1.29, 1.82) is 0 Å². The first-order valence-electron chi connectivity index (χ1n) is 9.74. The van der Waals surface area contributed by atoms with Gasteiger partial charge in [0.25, 0.3) is 11.7 Å². The Morgan fingerprint density at radius 2 is 1.79 bits per heavy atom. The molecule has 2 saturated heterocycles. The molecule has 0 bridgehead atoms. The van der Waals surface area contributed by atoms with Crippen LogP contribution in [0.1, 0.15) is 23.4 Å². The second-order valence-corrected chi connectivity index (χ2v) is 7.33. The quantitative estimate of drug-likeness (QED) is 0.598. The second-order valence-electron chi connectivity index (χ2n) is 7.33. The lowest BCUT2D eigenvalue weighted by molar-refractivity contribution is -0.128. The number of para-hydroxylation sites is 1. The standard InChI is InChI=1S/C21H24FN3O3/c22-17-6-1-2-7-18(17)24-12-10-23(11-13-24)16-5-3-9-25(15-16)21(27)20(26)19-8-4-14-28-19/h1-2,4,6-8,14,16H,3,5,9-13,15H2. The number of piperidine rings is 1. The number of furan rings is 1. The van der Waals surface area contributed by atoms with Crippen molar-refractivity contribution in [2.24, 2.45) is 0 Å². The van der Waals surface area contributed by atoms with Crippen LogP contribution < -0.4 is 4.90 Å². The molecule has 2 aliphatic heterocycles. The molecular weight excluding hydrogens is 361 g/mol. The Bertz CT molecular complexity index is 831. The van der Waals surface area contributed by atoms with Crippen LogP contribution >= 0.6 is 0 Å². The smallest absolute Gasteiger partial charge is 0.298 e. The fraction of sp³-hybridized carbons (Fsp3) is 0.429. The third-order valence-corrected chi connectivity index (χ3v) is 5.65. The van der Waals surface area contributed by atoms with Crippen LogP contribution in [0.5, 0.6) is 0 Å². The third-order valence-electron chi connectivity index (χ3n) is 5.65. The molecule has 2 aromatic rings. The number of benzene rings is 1. The molecule has 7 heteroatoms. The van der Waals surface area contributed by atoms with Crippen LogP contribution in [0.25, 0.3) is 0 Å². The molecule has 0 saturated carbocycles. The zero-order valence-corrected chi connectivity index (χ0v) is 15.7. The lowest BCUT2D eigenvalue weighted by atomic mass is 10.0. The average molecular weight is 385 g/mol. The lowest BCUT2D eigenvalue weighted by Crippen LogP contribution is -2.56. The number of hydrogen-bond acceptors (Lipinski definition) is 5. The van der Waals surface area contributed by atoms with Gasteiger partial charge in [-0.15, -0.1) is 0 Å². The highest BCUT2D eigenvalue weighted by atomic mass is 19.1. The van der Waals surface area contributed by atoms with Gasteiger partial charge in [0.05, 0.1) is 12.0 Å². The molecule has 1 amide bonds. The van der Waals surface area contributed by atoms with Crippen LogP contribution in [0.15, 0.2) is 47.1 Å². The summed E-state index contributed by atoms with van der Waals surface area (Å²) in [5.74, 6) is -1.19. The Kier molecular flexibility index (Phi) is 5.43. The van der Waals surface area contributed by atoms with E-state index in [-0.39, 0.29) is 17.6 Å². The first kappa shape index (κ1) is 18.7. The Hall–Kier alpha value is -2.67. The van der Waals surface area contributed by atoms with Gasteiger partial charge in [0.15, 0.2) is 5.76 Å². The van der Waals surface area contributed by atoms with Crippen molar-refractivity contribution in [3.05, 3.63) is 54.2 Å². The molecule has 6 nitrogen and oxygen atoms in total. The maximum Gasteiger partial charge on any atom is 0.298 e. The Labute approximate surface area is 163 Å². The number of amides is 1. The number of likely N-dealkylation sites (tertiary alicyclic amines) is 1. The molecule has 0 N–H and O–H groups in total. The summed E-state index contributed by atoms with van der Waals surface area (Å²) in [7, 11) is 0. The van der Waals surface area contributed by atoms with Gasteiger partial charge in [-0.1, -0.05) is 12.1 Å². The number of carbonyl (C=O) groups is 2. The van der Waals surface area contributed by atoms with E-state index in [1.807, 2.05) is 12.1 Å². The highest BCUT2D eigenvalue weighted by molar-refractivity contribution is 6.41. The number of carbonyl (C=O) groups excluding carboxylic acids is 2. The highest BCUT2D eigenvalue weighted by Crippen LogP contribution is 2.23. The van der Waals surface area contributed by atoms with E-state index in [1.165, 1.54) is 18.4 Å². The minimum absolute atomic E-state index is 0.0885.